The topological polar surface area (TPSA) is 153 Å². The van der Waals surface area contributed by atoms with Gasteiger partial charge in [0.1, 0.15) is 4.90 Å². The number of anilines is 1. The maximum Gasteiger partial charge on any atom is 1.00 e. The molecule has 4 aromatic rings. The average Bonchev–Trinajstić information content (AvgIpc) is 2.78. The fourth-order valence-electron chi connectivity index (χ4n) is 3.34. The van der Waals surface area contributed by atoms with Gasteiger partial charge in [-0.2, -0.15) is 23.8 Å². The minimum atomic E-state index is -4.73. The van der Waals surface area contributed by atoms with Crippen LogP contribution in [0.15, 0.2) is 92.1 Å². The smallest absolute Gasteiger partial charge is 0.871 e. The second-order valence-electron chi connectivity index (χ2n) is 7.67. The third-order valence-corrected chi connectivity index (χ3v) is 6.03. The summed E-state index contributed by atoms with van der Waals surface area (Å²) in [5.41, 5.74) is 8.99. The van der Waals surface area contributed by atoms with Crippen LogP contribution in [0.25, 0.3) is 10.8 Å². The number of aryl methyl sites for hydroxylation is 2. The number of nitrogen functional groups attached to an aromatic ring is 1. The monoisotopic (exact) mass is 497 g/mol. The normalized spacial score (nSPS) is 11.9. The van der Waals surface area contributed by atoms with Crippen molar-refractivity contribution >= 4 is 49.3 Å². The molecule has 0 aromatic heterocycles. The first kappa shape index (κ1) is 26.5. The first-order chi connectivity index (χ1) is 16.1. The maximum absolute atomic E-state index is 12.9. The zero-order valence-electron chi connectivity index (χ0n) is 19.3. The fourth-order valence-corrected chi connectivity index (χ4v) is 4.00. The Morgan fingerprint density at radius 3 is 2.20 bits per heavy atom. The average molecular weight is 498 g/mol. The van der Waals surface area contributed by atoms with E-state index in [-0.39, 0.29) is 34.9 Å². The fraction of sp³-hybridized carbons (Fsp3) is 0.0833. The third-order valence-electron chi connectivity index (χ3n) is 5.16. The maximum atomic E-state index is 12.9. The van der Waals surface area contributed by atoms with Gasteiger partial charge in [-0.3, -0.25) is 4.55 Å². The van der Waals surface area contributed by atoms with E-state index in [0.29, 0.717) is 28.0 Å². The van der Waals surface area contributed by atoms with Gasteiger partial charge in [0.25, 0.3) is 10.1 Å². The number of benzene rings is 4. The summed E-state index contributed by atoms with van der Waals surface area (Å²) in [5.74, 6) is -0.706. The molecule has 3 N–H and O–H groups in total. The van der Waals surface area contributed by atoms with Crippen LogP contribution in [-0.4, -0.2) is 13.0 Å². The van der Waals surface area contributed by atoms with Gasteiger partial charge in [0, 0.05) is 5.69 Å². The zero-order chi connectivity index (χ0) is 24.5. The molecule has 0 heterocycles. The molecule has 0 fully saturated rings. The summed E-state index contributed by atoms with van der Waals surface area (Å²) in [7, 11) is -4.73. The molecular formula is C24H20N5NaO4S. The van der Waals surface area contributed by atoms with Crippen molar-refractivity contribution in [3.8, 4) is 5.75 Å². The van der Waals surface area contributed by atoms with Gasteiger partial charge in [-0.15, -0.1) is 5.11 Å². The van der Waals surface area contributed by atoms with Gasteiger partial charge in [-0.25, -0.2) is 0 Å². The van der Waals surface area contributed by atoms with Crippen LogP contribution < -0.4 is 40.4 Å². The number of fused-ring (bicyclic) bond motifs is 1. The molecule has 0 aliphatic heterocycles. The number of azo groups is 2. The van der Waals surface area contributed by atoms with Gasteiger partial charge in [-0.1, -0.05) is 30.0 Å². The quantitative estimate of drug-likeness (QED) is 0.188. The van der Waals surface area contributed by atoms with Crippen LogP contribution in [0.1, 0.15) is 11.1 Å². The summed E-state index contributed by atoms with van der Waals surface area (Å²) in [5, 5.41) is 29.9. The Morgan fingerprint density at radius 2 is 1.51 bits per heavy atom. The molecule has 0 atom stereocenters. The van der Waals surface area contributed by atoms with Crippen LogP contribution >= 0.6 is 0 Å². The van der Waals surface area contributed by atoms with E-state index in [1.165, 1.54) is 24.3 Å². The number of nitrogens with zero attached hydrogens (tertiary/aromatic N) is 4. The molecule has 0 bridgehead atoms. The molecule has 0 saturated heterocycles. The van der Waals surface area contributed by atoms with Gasteiger partial charge >= 0.3 is 29.6 Å². The molecule has 0 unspecified atom stereocenters. The van der Waals surface area contributed by atoms with Gasteiger partial charge < -0.3 is 10.8 Å². The van der Waals surface area contributed by atoms with E-state index < -0.39 is 26.5 Å². The van der Waals surface area contributed by atoms with Crippen molar-refractivity contribution in [2.45, 2.75) is 18.7 Å². The Kier molecular flexibility index (Phi) is 8.04. The zero-order valence-corrected chi connectivity index (χ0v) is 22.1. The molecule has 0 radical (unpaired) electrons. The minimum Gasteiger partial charge on any atom is -0.871 e. The summed E-state index contributed by atoms with van der Waals surface area (Å²) in [6.45, 7) is 3.71. The summed E-state index contributed by atoms with van der Waals surface area (Å²) in [4.78, 5) is -0.625. The molecule has 172 valence electrons. The minimum absolute atomic E-state index is 0. The Balaban J connectivity index is 0.00000342. The Morgan fingerprint density at radius 1 is 0.829 bits per heavy atom. The van der Waals surface area contributed by atoms with Crippen LogP contribution in [-0.2, 0) is 10.1 Å². The van der Waals surface area contributed by atoms with E-state index >= 15 is 0 Å². The van der Waals surface area contributed by atoms with E-state index in [4.69, 9.17) is 5.73 Å². The standard InChI is InChI=1S/C24H21N5O4S.Na/c1-14-5-3-4-6-20(14)27-26-18-9-10-21(15(2)11-18)28-29-23-22(34(31,32)33)12-16-7-8-17(25)13-19(16)24(23)30;/h3-13,30H,25H2,1-2H3,(H,31,32,33);/q;+1/p-1. The van der Waals surface area contributed by atoms with Gasteiger partial charge in [0.15, 0.2) is 0 Å². The number of hydrogen-bond donors (Lipinski definition) is 2. The molecule has 9 nitrogen and oxygen atoms in total. The Labute approximate surface area is 224 Å². The molecule has 35 heavy (non-hydrogen) atoms. The van der Waals surface area contributed by atoms with Crippen LogP contribution in [0.2, 0.25) is 0 Å². The molecule has 0 saturated carbocycles. The van der Waals surface area contributed by atoms with E-state index in [1.807, 2.05) is 31.2 Å². The van der Waals surface area contributed by atoms with Crippen LogP contribution in [0.3, 0.4) is 0 Å². The van der Waals surface area contributed by atoms with Crippen molar-refractivity contribution in [3.05, 3.63) is 77.9 Å². The molecule has 0 aliphatic carbocycles. The van der Waals surface area contributed by atoms with Crippen LogP contribution in [0.5, 0.6) is 5.75 Å². The number of hydrogen-bond acceptors (Lipinski definition) is 8. The summed E-state index contributed by atoms with van der Waals surface area (Å²) in [6.07, 6.45) is 0. The molecule has 0 amide bonds. The second-order valence-corrected chi connectivity index (χ2v) is 9.06. The first-order valence-electron chi connectivity index (χ1n) is 10.1. The molecule has 0 spiro atoms. The summed E-state index contributed by atoms with van der Waals surface area (Å²) < 4.78 is 33.5. The SMILES string of the molecule is Cc1ccccc1N=Nc1ccc(N=Nc2c(S(=O)(=O)O)cc3ccc(N)cc3c2[O-])c(C)c1.[Na+]. The van der Waals surface area contributed by atoms with E-state index in [2.05, 4.69) is 20.5 Å². The predicted octanol–water partition coefficient (Wildman–Crippen LogP) is 3.19. The molecule has 4 rings (SSSR count). The van der Waals surface area contributed by atoms with Crippen LogP contribution in [0, 0.1) is 13.8 Å². The Hall–Kier alpha value is -3.15. The molecule has 0 aliphatic rings. The van der Waals surface area contributed by atoms with Crippen molar-refractivity contribution in [2.24, 2.45) is 20.5 Å². The van der Waals surface area contributed by atoms with Crippen LogP contribution in [0.4, 0.5) is 28.4 Å². The summed E-state index contributed by atoms with van der Waals surface area (Å²) in [6, 6.07) is 18.2. The third kappa shape index (κ3) is 5.92. The number of rotatable bonds is 5. The van der Waals surface area contributed by atoms with Crippen molar-refractivity contribution in [3.63, 3.8) is 0 Å². The van der Waals surface area contributed by atoms with Gasteiger partial charge in [0.05, 0.1) is 22.7 Å². The van der Waals surface area contributed by atoms with Crippen molar-refractivity contribution in [1.29, 1.82) is 0 Å². The van der Waals surface area contributed by atoms with E-state index in [1.54, 1.807) is 25.1 Å². The summed E-state index contributed by atoms with van der Waals surface area (Å²) >= 11 is 0. The second kappa shape index (κ2) is 10.6. The predicted molar refractivity (Wildman–Crippen MR) is 128 cm³/mol. The molecule has 11 heteroatoms. The Bertz CT molecular complexity index is 1590. The van der Waals surface area contributed by atoms with Crippen molar-refractivity contribution in [1.82, 2.24) is 0 Å². The molecular weight excluding hydrogens is 477 g/mol. The van der Waals surface area contributed by atoms with Gasteiger partial charge in [0.2, 0.25) is 0 Å². The van der Waals surface area contributed by atoms with E-state index in [9.17, 15) is 18.1 Å². The first-order valence-corrected chi connectivity index (χ1v) is 11.6. The van der Waals surface area contributed by atoms with E-state index in [0.717, 1.165) is 11.3 Å². The molecule has 4 aromatic carbocycles. The van der Waals surface area contributed by atoms with Gasteiger partial charge in [-0.05, 0) is 78.2 Å². The van der Waals surface area contributed by atoms with Crippen molar-refractivity contribution < 1.29 is 47.6 Å². The van der Waals surface area contributed by atoms with Crippen molar-refractivity contribution in [2.75, 3.05) is 5.73 Å². The largest absolute Gasteiger partial charge is 1.00 e. The number of nitrogens with two attached hydrogens (primary N) is 1.